The number of halogens is 1. The maximum atomic E-state index is 11.6. The Morgan fingerprint density at radius 1 is 1.21 bits per heavy atom. The summed E-state index contributed by atoms with van der Waals surface area (Å²) in [5.41, 5.74) is 1.04. The summed E-state index contributed by atoms with van der Waals surface area (Å²) >= 11 is 0. The average Bonchev–Trinajstić information content (AvgIpc) is 2.72. The van der Waals surface area contributed by atoms with Gasteiger partial charge < -0.3 is 29.7 Å². The van der Waals surface area contributed by atoms with Crippen molar-refractivity contribution in [3.05, 3.63) is 23.8 Å². The molecule has 1 aliphatic rings. The van der Waals surface area contributed by atoms with Gasteiger partial charge in [-0.05, 0) is 44.4 Å². The molecule has 0 saturated carbocycles. The number of ether oxygens (including phenoxy) is 3. The number of carbonyl (C=O) groups is 1. The first-order chi connectivity index (χ1) is 13.6. The number of nitrogens with one attached hydrogen (secondary N) is 2. The van der Waals surface area contributed by atoms with Crippen molar-refractivity contribution in [2.24, 2.45) is 4.99 Å². The van der Waals surface area contributed by atoms with Gasteiger partial charge in [0.15, 0.2) is 17.5 Å². The van der Waals surface area contributed by atoms with Crippen LogP contribution >= 0.6 is 24.0 Å². The molecule has 0 radical (unpaired) electrons. The van der Waals surface area contributed by atoms with Gasteiger partial charge in [-0.1, -0.05) is 6.07 Å². The molecule has 0 aliphatic carbocycles. The van der Waals surface area contributed by atoms with Gasteiger partial charge in [0, 0.05) is 25.7 Å². The van der Waals surface area contributed by atoms with Crippen molar-refractivity contribution in [3.8, 4) is 11.5 Å². The summed E-state index contributed by atoms with van der Waals surface area (Å²) in [7, 11) is 3.05. The van der Waals surface area contributed by atoms with E-state index >= 15 is 0 Å². The molecule has 1 aromatic rings. The lowest BCUT2D eigenvalue weighted by Crippen LogP contribution is -2.49. The molecular weight excluding hydrogens is 487 g/mol. The number of rotatable bonds is 7. The predicted octanol–water partition coefficient (Wildman–Crippen LogP) is 3.00. The fraction of sp³-hybridized carbons (Fsp3) is 0.600. The van der Waals surface area contributed by atoms with E-state index in [9.17, 15) is 4.79 Å². The fourth-order valence-electron chi connectivity index (χ4n) is 3.11. The second kappa shape index (κ2) is 13.3. The quantitative estimate of drug-likeness (QED) is 0.327. The predicted molar refractivity (Wildman–Crippen MR) is 125 cm³/mol. The van der Waals surface area contributed by atoms with E-state index in [4.69, 9.17) is 19.2 Å². The van der Waals surface area contributed by atoms with E-state index in [0.29, 0.717) is 26.2 Å². The van der Waals surface area contributed by atoms with Crippen molar-refractivity contribution < 1.29 is 19.0 Å². The minimum absolute atomic E-state index is 0. The average molecular weight is 520 g/mol. The zero-order valence-electron chi connectivity index (χ0n) is 17.7. The second-order valence-corrected chi connectivity index (χ2v) is 6.49. The van der Waals surface area contributed by atoms with Gasteiger partial charge in [-0.3, -0.25) is 0 Å². The largest absolute Gasteiger partial charge is 0.493 e. The number of hydrogen-bond donors (Lipinski definition) is 2. The minimum Gasteiger partial charge on any atom is -0.493 e. The van der Waals surface area contributed by atoms with Crippen LogP contribution in [0, 0.1) is 0 Å². The Labute approximate surface area is 190 Å². The third kappa shape index (κ3) is 7.79. The van der Waals surface area contributed by atoms with Crippen LogP contribution in [-0.2, 0) is 11.3 Å². The van der Waals surface area contributed by atoms with Crippen molar-refractivity contribution in [2.75, 3.05) is 40.5 Å². The van der Waals surface area contributed by atoms with Crippen LogP contribution in [0.2, 0.25) is 0 Å². The smallest absolute Gasteiger partial charge is 0.409 e. The molecule has 0 spiro atoms. The zero-order valence-corrected chi connectivity index (χ0v) is 20.0. The van der Waals surface area contributed by atoms with E-state index in [2.05, 4.69) is 10.6 Å². The van der Waals surface area contributed by atoms with Gasteiger partial charge in [0.1, 0.15) is 0 Å². The summed E-state index contributed by atoms with van der Waals surface area (Å²) in [6.07, 6.45) is 1.45. The highest BCUT2D eigenvalue weighted by Crippen LogP contribution is 2.28. The molecule has 29 heavy (non-hydrogen) atoms. The van der Waals surface area contributed by atoms with Gasteiger partial charge in [0.05, 0.1) is 27.4 Å². The van der Waals surface area contributed by atoms with E-state index in [-0.39, 0.29) is 36.1 Å². The minimum atomic E-state index is -0.261. The molecule has 9 heteroatoms. The first-order valence-electron chi connectivity index (χ1n) is 9.78. The van der Waals surface area contributed by atoms with E-state index in [1.54, 1.807) is 12.0 Å². The third-order valence-electron chi connectivity index (χ3n) is 4.56. The van der Waals surface area contributed by atoms with Crippen molar-refractivity contribution in [2.45, 2.75) is 39.3 Å². The summed E-state index contributed by atoms with van der Waals surface area (Å²) in [5.74, 6) is 2.22. The van der Waals surface area contributed by atoms with Gasteiger partial charge in [0.2, 0.25) is 0 Å². The fourth-order valence-corrected chi connectivity index (χ4v) is 3.11. The molecule has 0 bridgehead atoms. The number of carbonyl (C=O) groups excluding carboxylic acids is 1. The summed E-state index contributed by atoms with van der Waals surface area (Å²) < 4.78 is 15.8. The van der Waals surface area contributed by atoms with Crippen LogP contribution in [0.3, 0.4) is 0 Å². The Bertz CT molecular complexity index is 664. The van der Waals surface area contributed by atoms with Crippen LogP contribution in [-0.4, -0.2) is 63.5 Å². The Hall–Kier alpha value is -1.91. The van der Waals surface area contributed by atoms with Gasteiger partial charge in [-0.15, -0.1) is 24.0 Å². The molecule has 0 unspecified atom stereocenters. The summed E-state index contributed by atoms with van der Waals surface area (Å²) in [4.78, 5) is 18.0. The molecule has 1 saturated heterocycles. The molecule has 2 N–H and O–H groups in total. The number of guanidine groups is 1. The number of piperidine rings is 1. The molecule has 0 atom stereocenters. The number of amides is 1. The lowest BCUT2D eigenvalue weighted by Gasteiger charge is -2.32. The number of hydrogen-bond acceptors (Lipinski definition) is 5. The Kier molecular flexibility index (Phi) is 11.6. The standard InChI is InChI=1S/C20H32N4O4.HI/c1-5-21-19(23-16-9-11-24(12-10-16)20(25)27-4)22-14-15-7-8-17(26-3)18(13-15)28-6-2;/h7-8,13,16H,5-6,9-12,14H2,1-4H3,(H2,21,22,23);1H. The molecule has 1 aromatic carbocycles. The molecule has 164 valence electrons. The molecular formula is C20H33IN4O4. The highest BCUT2D eigenvalue weighted by molar-refractivity contribution is 14.0. The highest BCUT2D eigenvalue weighted by Gasteiger charge is 2.23. The van der Waals surface area contributed by atoms with Crippen LogP contribution < -0.4 is 20.1 Å². The monoisotopic (exact) mass is 520 g/mol. The lowest BCUT2D eigenvalue weighted by molar-refractivity contribution is 0.111. The van der Waals surface area contributed by atoms with Gasteiger partial charge in [-0.2, -0.15) is 0 Å². The SMILES string of the molecule is CCNC(=NCc1ccc(OC)c(OCC)c1)NC1CCN(C(=O)OC)CC1.I. The number of likely N-dealkylation sites (tertiary alicyclic amines) is 1. The number of nitrogens with zero attached hydrogens (tertiary/aromatic N) is 2. The van der Waals surface area contributed by atoms with Crippen LogP contribution in [0.5, 0.6) is 11.5 Å². The van der Waals surface area contributed by atoms with Crippen LogP contribution in [0.1, 0.15) is 32.3 Å². The summed E-state index contributed by atoms with van der Waals surface area (Å²) in [6, 6.07) is 6.13. The first kappa shape index (κ1) is 25.1. The van der Waals surface area contributed by atoms with Crippen LogP contribution in [0.4, 0.5) is 4.79 Å². The van der Waals surface area contributed by atoms with E-state index in [1.807, 2.05) is 32.0 Å². The zero-order chi connectivity index (χ0) is 20.4. The van der Waals surface area contributed by atoms with Crippen LogP contribution in [0.25, 0.3) is 0 Å². The third-order valence-corrected chi connectivity index (χ3v) is 4.56. The lowest BCUT2D eigenvalue weighted by atomic mass is 10.1. The van der Waals surface area contributed by atoms with Crippen molar-refractivity contribution in [3.63, 3.8) is 0 Å². The molecule has 1 aliphatic heterocycles. The molecule has 1 fully saturated rings. The van der Waals surface area contributed by atoms with Gasteiger partial charge >= 0.3 is 6.09 Å². The van der Waals surface area contributed by atoms with E-state index in [1.165, 1.54) is 7.11 Å². The van der Waals surface area contributed by atoms with E-state index < -0.39 is 0 Å². The molecule has 2 rings (SSSR count). The molecule has 0 aromatic heterocycles. The van der Waals surface area contributed by atoms with Gasteiger partial charge in [0.25, 0.3) is 0 Å². The molecule has 8 nitrogen and oxygen atoms in total. The second-order valence-electron chi connectivity index (χ2n) is 6.49. The molecule has 1 amide bonds. The Balaban J connectivity index is 0.00000420. The van der Waals surface area contributed by atoms with Crippen LogP contribution in [0.15, 0.2) is 23.2 Å². The number of methoxy groups -OCH3 is 2. The van der Waals surface area contributed by atoms with Crippen molar-refractivity contribution in [1.82, 2.24) is 15.5 Å². The Morgan fingerprint density at radius 2 is 1.93 bits per heavy atom. The topological polar surface area (TPSA) is 84.4 Å². The van der Waals surface area contributed by atoms with Crippen molar-refractivity contribution >= 4 is 36.0 Å². The number of benzene rings is 1. The summed E-state index contributed by atoms with van der Waals surface area (Å²) in [5, 5.41) is 6.76. The summed E-state index contributed by atoms with van der Waals surface area (Å²) in [6.45, 7) is 7.23. The normalized spacial score (nSPS) is 14.6. The van der Waals surface area contributed by atoms with Crippen molar-refractivity contribution in [1.29, 1.82) is 0 Å². The number of aliphatic imine (C=N–C) groups is 1. The highest BCUT2D eigenvalue weighted by atomic mass is 127. The maximum Gasteiger partial charge on any atom is 0.409 e. The molecule has 1 heterocycles. The Morgan fingerprint density at radius 3 is 2.52 bits per heavy atom. The van der Waals surface area contributed by atoms with E-state index in [0.717, 1.165) is 42.4 Å². The van der Waals surface area contributed by atoms with Gasteiger partial charge in [-0.25, -0.2) is 9.79 Å². The first-order valence-corrected chi connectivity index (χ1v) is 9.78. The maximum absolute atomic E-state index is 11.6.